The van der Waals surface area contributed by atoms with Gasteiger partial charge in [0.05, 0.1) is 16.8 Å². The van der Waals surface area contributed by atoms with Crippen molar-refractivity contribution in [2.45, 2.75) is 11.8 Å². The molecule has 12 rings (SSSR count). The van der Waals surface area contributed by atoms with E-state index < -0.39 is 5.41 Å². The van der Waals surface area contributed by atoms with E-state index in [1.54, 1.807) is 0 Å². The first-order valence-electron chi connectivity index (χ1n) is 19.6. The van der Waals surface area contributed by atoms with Gasteiger partial charge in [0.15, 0.2) is 5.82 Å². The van der Waals surface area contributed by atoms with Gasteiger partial charge in [0, 0.05) is 27.8 Å². The highest BCUT2D eigenvalue weighted by Gasteiger charge is 2.50. The lowest BCUT2D eigenvalue weighted by Crippen LogP contribution is -2.32. The Hall–Kier alpha value is -7.36. The second kappa shape index (κ2) is 12.3. The lowest BCUT2D eigenvalue weighted by atomic mass is 9.66. The van der Waals surface area contributed by atoms with E-state index in [0.717, 1.165) is 68.3 Å². The molecule has 0 saturated heterocycles. The van der Waals surface area contributed by atoms with Gasteiger partial charge < -0.3 is 4.74 Å². The minimum atomic E-state index is -0.507. The quantitative estimate of drug-likeness (QED) is 0.181. The van der Waals surface area contributed by atoms with Gasteiger partial charge in [-0.2, -0.15) is 0 Å². The average molecular weight is 727 g/mol. The topological polar surface area (TPSA) is 35.0 Å². The van der Waals surface area contributed by atoms with Crippen LogP contribution in [0, 0.1) is 0 Å². The Bertz CT molecular complexity index is 3100. The first-order valence-corrected chi connectivity index (χ1v) is 19.6. The third-order valence-electron chi connectivity index (χ3n) is 12.1. The summed E-state index contributed by atoms with van der Waals surface area (Å²) >= 11 is 0. The van der Waals surface area contributed by atoms with Crippen molar-refractivity contribution in [1.29, 1.82) is 0 Å². The molecule has 2 aliphatic carbocycles. The van der Waals surface area contributed by atoms with Gasteiger partial charge in [-0.25, -0.2) is 9.97 Å². The first-order chi connectivity index (χ1) is 28.2. The smallest absolute Gasteiger partial charge is 0.161 e. The van der Waals surface area contributed by atoms with Gasteiger partial charge in [-0.3, -0.25) is 0 Å². The van der Waals surface area contributed by atoms with Crippen LogP contribution in [0.2, 0.25) is 0 Å². The minimum absolute atomic E-state index is 0.507. The van der Waals surface area contributed by atoms with Gasteiger partial charge >= 0.3 is 0 Å². The summed E-state index contributed by atoms with van der Waals surface area (Å²) in [6.07, 6.45) is 5.46. The maximum atomic E-state index is 6.89. The number of hydrogen-bond donors (Lipinski definition) is 0. The van der Waals surface area contributed by atoms with Crippen LogP contribution >= 0.6 is 0 Å². The summed E-state index contributed by atoms with van der Waals surface area (Å²) in [7, 11) is 0. The normalized spacial score (nSPS) is 13.8. The zero-order chi connectivity index (χ0) is 37.5. The molecule has 3 heteroatoms. The van der Waals surface area contributed by atoms with Crippen LogP contribution in [0.3, 0.4) is 0 Å². The molecular weight excluding hydrogens is 693 g/mol. The minimum Gasteiger partial charge on any atom is -0.457 e. The fourth-order valence-corrected chi connectivity index (χ4v) is 9.73. The van der Waals surface area contributed by atoms with Crippen molar-refractivity contribution in [2.75, 3.05) is 0 Å². The van der Waals surface area contributed by atoms with E-state index in [1.165, 1.54) is 44.2 Å². The molecule has 0 amide bonds. The molecular formula is C54H34N2O. The second-order valence-corrected chi connectivity index (χ2v) is 15.2. The van der Waals surface area contributed by atoms with Crippen LogP contribution < -0.4 is 4.74 Å². The summed E-state index contributed by atoms with van der Waals surface area (Å²) < 4.78 is 6.89. The van der Waals surface area contributed by atoms with E-state index in [-0.39, 0.29) is 0 Å². The summed E-state index contributed by atoms with van der Waals surface area (Å²) in [6.45, 7) is 0. The number of hydrogen-bond acceptors (Lipinski definition) is 3. The molecule has 2 heterocycles. The summed E-state index contributed by atoms with van der Waals surface area (Å²) in [5, 5.41) is 2.56. The largest absolute Gasteiger partial charge is 0.457 e. The van der Waals surface area contributed by atoms with E-state index >= 15 is 0 Å². The first kappa shape index (κ1) is 31.9. The molecule has 1 aliphatic heterocycles. The van der Waals surface area contributed by atoms with Crippen LogP contribution in [0.5, 0.6) is 11.5 Å². The SMILES string of the molecule is C1=Cc2cc(-c3cc(-c4ccccc4)nc(-c4ccccc4-c4ccc5c(c4)Oc4ccccc4C54c5ccccc5-c5ccccc54)n3)cc3cccc(c23)C1. The second-order valence-electron chi connectivity index (χ2n) is 15.2. The zero-order valence-corrected chi connectivity index (χ0v) is 31.0. The number of nitrogens with zero attached hydrogens (tertiary/aromatic N) is 2. The van der Waals surface area contributed by atoms with E-state index in [9.17, 15) is 0 Å². The summed E-state index contributed by atoms with van der Waals surface area (Å²) in [6, 6.07) is 65.2. The van der Waals surface area contributed by atoms with Crippen LogP contribution in [0.25, 0.3) is 73.0 Å². The fourth-order valence-electron chi connectivity index (χ4n) is 9.73. The number of ether oxygens (including phenoxy) is 1. The Kier molecular flexibility index (Phi) is 6.91. The van der Waals surface area contributed by atoms with Gasteiger partial charge in [0.1, 0.15) is 11.5 Å². The molecule has 0 atom stereocenters. The number of fused-ring (bicyclic) bond motifs is 9. The Labute approximate surface area is 331 Å². The van der Waals surface area contributed by atoms with Gasteiger partial charge in [-0.15, -0.1) is 0 Å². The van der Waals surface area contributed by atoms with Gasteiger partial charge in [0.25, 0.3) is 0 Å². The third kappa shape index (κ3) is 4.73. The lowest BCUT2D eigenvalue weighted by Gasteiger charge is -2.39. The van der Waals surface area contributed by atoms with E-state index in [2.05, 4.69) is 188 Å². The highest BCUT2D eigenvalue weighted by molar-refractivity contribution is 5.98. The summed E-state index contributed by atoms with van der Waals surface area (Å²) in [5.41, 5.74) is 16.4. The van der Waals surface area contributed by atoms with Crippen LogP contribution in [0.4, 0.5) is 0 Å². The Morgan fingerprint density at radius 1 is 0.439 bits per heavy atom. The van der Waals surface area contributed by atoms with Crippen LogP contribution in [-0.2, 0) is 11.8 Å². The van der Waals surface area contributed by atoms with Crippen LogP contribution in [0.1, 0.15) is 33.4 Å². The monoisotopic (exact) mass is 726 g/mol. The molecule has 0 saturated carbocycles. The molecule has 0 bridgehead atoms. The maximum absolute atomic E-state index is 6.89. The number of rotatable bonds is 4. The maximum Gasteiger partial charge on any atom is 0.161 e. The molecule has 3 aliphatic rings. The van der Waals surface area contributed by atoms with Crippen molar-refractivity contribution in [1.82, 2.24) is 9.97 Å². The fraction of sp³-hybridized carbons (Fsp3) is 0.0370. The highest BCUT2D eigenvalue weighted by atomic mass is 16.5. The average Bonchev–Trinajstić information content (AvgIpc) is 3.57. The number of para-hydroxylation sites is 1. The number of benzene rings is 8. The molecule has 1 aromatic heterocycles. The summed E-state index contributed by atoms with van der Waals surface area (Å²) in [5.74, 6) is 2.41. The Balaban J connectivity index is 1.05. The van der Waals surface area contributed by atoms with Crippen LogP contribution in [0.15, 0.2) is 188 Å². The number of allylic oxidation sites excluding steroid dienone is 1. The molecule has 9 aromatic rings. The predicted molar refractivity (Wildman–Crippen MR) is 231 cm³/mol. The molecule has 0 fully saturated rings. The molecule has 0 radical (unpaired) electrons. The molecule has 1 spiro atoms. The van der Waals surface area contributed by atoms with E-state index in [4.69, 9.17) is 14.7 Å². The molecule has 3 nitrogen and oxygen atoms in total. The predicted octanol–water partition coefficient (Wildman–Crippen LogP) is 13.3. The molecule has 0 unspecified atom stereocenters. The van der Waals surface area contributed by atoms with Crippen molar-refractivity contribution < 1.29 is 4.74 Å². The third-order valence-corrected chi connectivity index (χ3v) is 12.1. The van der Waals surface area contributed by atoms with E-state index in [0.29, 0.717) is 5.82 Å². The Morgan fingerprint density at radius 2 is 1.09 bits per heavy atom. The van der Waals surface area contributed by atoms with E-state index in [1.807, 2.05) is 6.07 Å². The Morgan fingerprint density at radius 3 is 1.88 bits per heavy atom. The van der Waals surface area contributed by atoms with Gasteiger partial charge in [-0.1, -0.05) is 164 Å². The molecule has 0 N–H and O–H groups in total. The van der Waals surface area contributed by atoms with Crippen LogP contribution in [-0.4, -0.2) is 9.97 Å². The molecule has 266 valence electrons. The van der Waals surface area contributed by atoms with Gasteiger partial charge in [-0.05, 0) is 92.0 Å². The lowest BCUT2D eigenvalue weighted by molar-refractivity contribution is 0.436. The van der Waals surface area contributed by atoms with Gasteiger partial charge in [0.2, 0.25) is 0 Å². The zero-order valence-electron chi connectivity index (χ0n) is 31.0. The summed E-state index contributed by atoms with van der Waals surface area (Å²) in [4.78, 5) is 10.7. The standard InChI is InChI=1S/C54H34N2O/c1-2-14-34(15-3-1)48-33-49(39-30-37-18-12-16-35-17-13-19-38(31-39)52(35)37)56-53(55-48)43-23-5-4-20-40(43)36-28-29-47-51(32-36)57-50-27-11-10-26-46(50)54(47)44-24-8-6-21-41(44)42-22-7-9-25-45(42)54/h1-16,18-33H,17H2. The van der Waals surface area contributed by atoms with Crippen molar-refractivity contribution >= 4 is 16.8 Å². The number of aromatic nitrogens is 2. The molecule has 57 heavy (non-hydrogen) atoms. The van der Waals surface area contributed by atoms with Crippen molar-refractivity contribution in [3.8, 4) is 67.7 Å². The molecule has 8 aromatic carbocycles. The van der Waals surface area contributed by atoms with Crippen molar-refractivity contribution in [3.05, 3.63) is 221 Å². The van der Waals surface area contributed by atoms with Crippen molar-refractivity contribution in [3.63, 3.8) is 0 Å². The highest BCUT2D eigenvalue weighted by Crippen LogP contribution is 2.62. The van der Waals surface area contributed by atoms with Crippen molar-refractivity contribution in [2.24, 2.45) is 0 Å².